The monoisotopic (exact) mass is 557 g/mol. The smallest absolute Gasteiger partial charge is 0.261 e. The number of carbonyl (C=O) groups is 1. The van der Waals surface area contributed by atoms with Crippen LogP contribution in [-0.4, -0.2) is 63.7 Å². The highest BCUT2D eigenvalue weighted by Gasteiger charge is 2.23. The number of anilines is 1. The van der Waals surface area contributed by atoms with Crippen molar-refractivity contribution in [3.05, 3.63) is 76.8 Å². The quantitative estimate of drug-likeness (QED) is 0.448. The van der Waals surface area contributed by atoms with Crippen LogP contribution in [0.2, 0.25) is 5.02 Å². The molecule has 0 aliphatic carbocycles. The predicted molar refractivity (Wildman–Crippen MR) is 143 cm³/mol. The van der Waals surface area contributed by atoms with Gasteiger partial charge in [0, 0.05) is 38.4 Å². The van der Waals surface area contributed by atoms with Crippen molar-refractivity contribution in [2.45, 2.75) is 18.4 Å². The first kappa shape index (κ1) is 26.1. The lowest BCUT2D eigenvalue weighted by molar-refractivity contribution is -0.135. The molecule has 0 radical (unpaired) electrons. The maximum Gasteiger partial charge on any atom is 0.261 e. The Morgan fingerprint density at radius 1 is 0.974 bits per heavy atom. The third-order valence-electron chi connectivity index (χ3n) is 6.44. The zero-order valence-electron chi connectivity index (χ0n) is 20.9. The molecule has 1 saturated heterocycles. The van der Waals surface area contributed by atoms with Crippen LogP contribution in [0, 0.1) is 6.92 Å². The van der Waals surface area contributed by atoms with Gasteiger partial charge in [0.1, 0.15) is 5.75 Å². The summed E-state index contributed by atoms with van der Waals surface area (Å²) in [4.78, 5) is 16.8. The van der Waals surface area contributed by atoms with E-state index in [1.54, 1.807) is 17.0 Å². The molecule has 0 atom stereocenters. The molecule has 1 N–H and O–H groups in total. The molecule has 5 rings (SSSR count). The van der Waals surface area contributed by atoms with E-state index in [1.165, 1.54) is 18.2 Å². The number of halogens is 1. The average Bonchev–Trinajstić information content (AvgIpc) is 3.37. The van der Waals surface area contributed by atoms with E-state index in [0.29, 0.717) is 18.8 Å². The van der Waals surface area contributed by atoms with Gasteiger partial charge < -0.3 is 19.1 Å². The highest BCUT2D eigenvalue weighted by molar-refractivity contribution is 7.92. The number of nitrogens with zero attached hydrogens (tertiary/aromatic N) is 2. The lowest BCUT2D eigenvalue weighted by Gasteiger charge is -2.34. The Bertz CT molecular complexity index is 1420. The van der Waals surface area contributed by atoms with Crippen LogP contribution in [-0.2, 0) is 21.4 Å². The first-order valence-electron chi connectivity index (χ1n) is 12.2. The largest absolute Gasteiger partial charge is 0.482 e. The number of rotatable bonds is 8. The van der Waals surface area contributed by atoms with E-state index in [0.717, 1.165) is 42.3 Å². The molecule has 1 amide bonds. The highest BCUT2D eigenvalue weighted by atomic mass is 35.5. The second kappa shape index (κ2) is 11.1. The molecule has 1 fully saturated rings. The average molecular weight is 558 g/mol. The molecule has 0 unspecified atom stereocenters. The predicted octanol–water partition coefficient (Wildman–Crippen LogP) is 3.90. The third-order valence-corrected chi connectivity index (χ3v) is 8.11. The van der Waals surface area contributed by atoms with Crippen molar-refractivity contribution in [2.24, 2.45) is 0 Å². The van der Waals surface area contributed by atoms with Crippen molar-refractivity contribution in [1.29, 1.82) is 0 Å². The molecular weight excluding hydrogens is 530 g/mol. The van der Waals surface area contributed by atoms with E-state index in [1.807, 2.05) is 37.3 Å². The standard InChI is InChI=1S/C27H28ClN3O6S/c1-19-2-5-21(6-3-19)29-38(33,34)22-7-9-24(23(28)15-22)35-17-27(32)31-12-10-30(11-13-31)16-20-4-8-25-26(14-20)37-18-36-25/h2-9,14-15,29H,10-13,16-18H2,1H3. The first-order chi connectivity index (χ1) is 18.3. The number of carbonyl (C=O) groups excluding carboxylic acids is 1. The minimum Gasteiger partial charge on any atom is -0.482 e. The van der Waals surface area contributed by atoms with Crippen LogP contribution in [0.5, 0.6) is 17.2 Å². The molecular formula is C27H28ClN3O6S. The third kappa shape index (κ3) is 6.15. The van der Waals surface area contributed by atoms with Crippen molar-refractivity contribution in [2.75, 3.05) is 44.3 Å². The van der Waals surface area contributed by atoms with Gasteiger partial charge in [0.05, 0.1) is 9.92 Å². The highest BCUT2D eigenvalue weighted by Crippen LogP contribution is 2.33. The lowest BCUT2D eigenvalue weighted by atomic mass is 10.1. The van der Waals surface area contributed by atoms with E-state index < -0.39 is 10.0 Å². The fraction of sp³-hybridized carbons (Fsp3) is 0.296. The number of benzene rings is 3. The Kier molecular flexibility index (Phi) is 7.64. The number of hydrogen-bond donors (Lipinski definition) is 1. The van der Waals surface area contributed by atoms with Gasteiger partial charge in [0.25, 0.3) is 15.9 Å². The summed E-state index contributed by atoms with van der Waals surface area (Å²) in [5, 5.41) is 0.109. The van der Waals surface area contributed by atoms with Crippen LogP contribution in [0.1, 0.15) is 11.1 Å². The molecule has 2 heterocycles. The maximum absolute atomic E-state index is 12.7. The number of hydrogen-bond acceptors (Lipinski definition) is 7. The second-order valence-corrected chi connectivity index (χ2v) is 11.3. The Balaban J connectivity index is 1.11. The number of fused-ring (bicyclic) bond motifs is 1. The number of piperazine rings is 1. The van der Waals surface area contributed by atoms with Crippen LogP contribution >= 0.6 is 11.6 Å². The van der Waals surface area contributed by atoms with E-state index in [4.69, 9.17) is 25.8 Å². The van der Waals surface area contributed by atoms with Crippen LogP contribution in [0.4, 0.5) is 5.69 Å². The summed E-state index contributed by atoms with van der Waals surface area (Å²) < 4.78 is 44.4. The number of sulfonamides is 1. The molecule has 9 nitrogen and oxygen atoms in total. The van der Waals surface area contributed by atoms with Gasteiger partial charge >= 0.3 is 0 Å². The number of nitrogens with one attached hydrogen (secondary N) is 1. The summed E-state index contributed by atoms with van der Waals surface area (Å²) in [6.45, 7) is 5.40. The van der Waals surface area contributed by atoms with Crippen molar-refractivity contribution in [1.82, 2.24) is 9.80 Å². The Morgan fingerprint density at radius 3 is 2.45 bits per heavy atom. The van der Waals surface area contributed by atoms with E-state index >= 15 is 0 Å². The summed E-state index contributed by atoms with van der Waals surface area (Å²) in [6, 6.07) is 17.1. The van der Waals surface area contributed by atoms with Gasteiger partial charge in [0.15, 0.2) is 18.1 Å². The van der Waals surface area contributed by atoms with Gasteiger partial charge in [-0.3, -0.25) is 14.4 Å². The van der Waals surface area contributed by atoms with Crippen molar-refractivity contribution >= 4 is 33.2 Å². The van der Waals surface area contributed by atoms with Crippen molar-refractivity contribution < 1.29 is 27.4 Å². The van der Waals surface area contributed by atoms with Gasteiger partial charge in [-0.05, 0) is 55.0 Å². The van der Waals surface area contributed by atoms with Gasteiger partial charge in [-0.2, -0.15) is 0 Å². The fourth-order valence-electron chi connectivity index (χ4n) is 4.29. The van der Waals surface area contributed by atoms with Crippen LogP contribution < -0.4 is 18.9 Å². The molecule has 11 heteroatoms. The first-order valence-corrected chi connectivity index (χ1v) is 14.0. The molecule has 0 aromatic heterocycles. The topological polar surface area (TPSA) is 97.4 Å². The molecule has 2 aliphatic heterocycles. The summed E-state index contributed by atoms with van der Waals surface area (Å²) in [6.07, 6.45) is 0. The Labute approximate surface area is 226 Å². The molecule has 0 spiro atoms. The minimum absolute atomic E-state index is 0.000308. The zero-order chi connectivity index (χ0) is 26.7. The Morgan fingerprint density at radius 2 is 1.71 bits per heavy atom. The van der Waals surface area contributed by atoms with Gasteiger partial charge in [-0.25, -0.2) is 8.42 Å². The maximum atomic E-state index is 12.7. The van der Waals surface area contributed by atoms with E-state index in [9.17, 15) is 13.2 Å². The molecule has 38 heavy (non-hydrogen) atoms. The van der Waals surface area contributed by atoms with E-state index in [2.05, 4.69) is 9.62 Å². The van der Waals surface area contributed by atoms with E-state index in [-0.39, 0.29) is 35.0 Å². The summed E-state index contributed by atoms with van der Waals surface area (Å²) >= 11 is 6.29. The normalized spacial score (nSPS) is 15.4. The summed E-state index contributed by atoms with van der Waals surface area (Å²) in [5.41, 5.74) is 2.61. The second-order valence-electron chi connectivity index (χ2n) is 9.20. The summed E-state index contributed by atoms with van der Waals surface area (Å²) in [7, 11) is -3.83. The molecule has 0 saturated carbocycles. The lowest BCUT2D eigenvalue weighted by Crippen LogP contribution is -2.49. The molecule has 2 aliphatic rings. The fourth-order valence-corrected chi connectivity index (χ4v) is 5.67. The SMILES string of the molecule is Cc1ccc(NS(=O)(=O)c2ccc(OCC(=O)N3CCN(Cc4ccc5c(c4)OCO5)CC3)c(Cl)c2)cc1. The zero-order valence-corrected chi connectivity index (χ0v) is 22.4. The number of amides is 1. The number of ether oxygens (including phenoxy) is 3. The minimum atomic E-state index is -3.83. The summed E-state index contributed by atoms with van der Waals surface area (Å²) in [5.74, 6) is 1.62. The van der Waals surface area contributed by atoms with Gasteiger partial charge in [-0.1, -0.05) is 35.4 Å². The van der Waals surface area contributed by atoms with Crippen LogP contribution in [0.25, 0.3) is 0 Å². The van der Waals surface area contributed by atoms with Crippen molar-refractivity contribution in [3.8, 4) is 17.2 Å². The van der Waals surface area contributed by atoms with Gasteiger partial charge in [0.2, 0.25) is 6.79 Å². The molecule has 3 aromatic carbocycles. The van der Waals surface area contributed by atoms with Crippen LogP contribution in [0.15, 0.2) is 65.6 Å². The molecule has 3 aromatic rings. The Hall–Kier alpha value is -3.47. The number of aryl methyl sites for hydroxylation is 1. The molecule has 200 valence electrons. The molecule has 0 bridgehead atoms. The van der Waals surface area contributed by atoms with Crippen molar-refractivity contribution in [3.63, 3.8) is 0 Å². The van der Waals surface area contributed by atoms with Gasteiger partial charge in [-0.15, -0.1) is 0 Å². The van der Waals surface area contributed by atoms with Crippen LogP contribution in [0.3, 0.4) is 0 Å².